The number of hydrogen-bond donors (Lipinski definition) is 1. The van der Waals surface area contributed by atoms with E-state index in [-0.39, 0.29) is 31.6 Å². The number of benzene rings is 2. The second-order valence-corrected chi connectivity index (χ2v) is 12.7. The zero-order valence-electron chi connectivity index (χ0n) is 25.4. The van der Waals surface area contributed by atoms with Crippen LogP contribution in [0.25, 0.3) is 0 Å². The van der Waals surface area contributed by atoms with Gasteiger partial charge in [0.1, 0.15) is 17.6 Å². The maximum Gasteiger partial charge on any atom is 0.312 e. The van der Waals surface area contributed by atoms with Gasteiger partial charge in [-0.2, -0.15) is 0 Å². The Morgan fingerprint density at radius 1 is 1.18 bits per heavy atom. The minimum atomic E-state index is -1.31. The van der Waals surface area contributed by atoms with Crippen molar-refractivity contribution in [2.24, 2.45) is 17.8 Å². The Balaban J connectivity index is 1.62. The summed E-state index contributed by atoms with van der Waals surface area (Å²) < 4.78 is 12.6. The molecule has 1 spiro atoms. The number of hydrogen-bond acceptors (Lipinski definition) is 6. The van der Waals surface area contributed by atoms with Crippen molar-refractivity contribution < 1.29 is 29.0 Å². The molecule has 3 heterocycles. The van der Waals surface area contributed by atoms with Crippen molar-refractivity contribution in [2.45, 2.75) is 62.8 Å². The van der Waals surface area contributed by atoms with Gasteiger partial charge in [-0.25, -0.2) is 0 Å². The molecule has 0 saturated carbocycles. The van der Waals surface area contributed by atoms with Gasteiger partial charge in [0.15, 0.2) is 0 Å². The van der Waals surface area contributed by atoms with Gasteiger partial charge < -0.3 is 24.4 Å². The van der Waals surface area contributed by atoms with Crippen LogP contribution < -0.4 is 4.90 Å². The van der Waals surface area contributed by atoms with Crippen LogP contribution in [0.3, 0.4) is 0 Å². The lowest BCUT2D eigenvalue weighted by molar-refractivity contribution is -0.162. The molecule has 2 aromatic carbocycles. The van der Waals surface area contributed by atoms with Crippen LogP contribution in [0.2, 0.25) is 5.02 Å². The van der Waals surface area contributed by atoms with Gasteiger partial charge >= 0.3 is 5.97 Å². The fourth-order valence-corrected chi connectivity index (χ4v) is 7.83. The smallest absolute Gasteiger partial charge is 0.312 e. The van der Waals surface area contributed by atoms with Crippen molar-refractivity contribution in [3.05, 3.63) is 90.5 Å². The maximum atomic E-state index is 14.9. The summed E-state index contributed by atoms with van der Waals surface area (Å²) in [6, 6.07) is 14.6. The Morgan fingerprint density at radius 2 is 1.89 bits per heavy atom. The van der Waals surface area contributed by atoms with Crippen molar-refractivity contribution in [2.75, 3.05) is 24.7 Å². The number of aliphatic hydroxyl groups excluding tert-OH is 1. The standard InChI is InChI=1S/C35H41ClN2O6/c1-5-7-13-19-43-33(42)29-28-31(40)38(25(22-39)20-24-14-9-8-10-15-24)30(35(28)21-23(3)34(29,4)44-35)32(41)37(18-6-2)27-17-12-11-16-26(27)36/h5-6,8-12,14-17,23,25,28-30,39H,1-2,7,13,18-22H2,3-4H3/t23?,25-,28+,29+,30?,34-,35?/m1/s1. The molecule has 8 nitrogen and oxygen atoms in total. The number of allylic oxidation sites excluding steroid dienone is 1. The number of para-hydroxylation sites is 1. The first-order chi connectivity index (χ1) is 21.1. The van der Waals surface area contributed by atoms with Gasteiger partial charge in [0.05, 0.1) is 41.5 Å². The number of nitrogens with zero attached hydrogens (tertiary/aromatic N) is 2. The summed E-state index contributed by atoms with van der Waals surface area (Å²) in [4.78, 5) is 46.4. The molecule has 0 aliphatic carbocycles. The minimum absolute atomic E-state index is 0.131. The third-order valence-corrected chi connectivity index (χ3v) is 10.00. The van der Waals surface area contributed by atoms with E-state index in [9.17, 15) is 19.5 Å². The first kappa shape index (κ1) is 31.9. The second-order valence-electron chi connectivity index (χ2n) is 12.3. The molecule has 2 bridgehead atoms. The predicted octanol–water partition coefficient (Wildman–Crippen LogP) is 4.98. The van der Waals surface area contributed by atoms with E-state index in [4.69, 9.17) is 21.1 Å². The van der Waals surface area contributed by atoms with Gasteiger partial charge in [-0.05, 0) is 56.2 Å². The largest absolute Gasteiger partial charge is 0.465 e. The summed E-state index contributed by atoms with van der Waals surface area (Å²) >= 11 is 6.59. The Morgan fingerprint density at radius 3 is 2.55 bits per heavy atom. The molecule has 3 saturated heterocycles. The highest BCUT2D eigenvalue weighted by Gasteiger charge is 2.80. The number of fused-ring (bicyclic) bond motifs is 1. The van der Waals surface area contributed by atoms with Crippen LogP contribution >= 0.6 is 11.6 Å². The monoisotopic (exact) mass is 620 g/mol. The molecule has 5 rings (SSSR count). The molecule has 3 fully saturated rings. The predicted molar refractivity (Wildman–Crippen MR) is 169 cm³/mol. The Kier molecular flexibility index (Phi) is 9.35. The number of likely N-dealkylation sites (tertiary alicyclic amines) is 1. The highest BCUT2D eigenvalue weighted by atomic mass is 35.5. The number of esters is 1. The van der Waals surface area contributed by atoms with Gasteiger partial charge in [0.25, 0.3) is 5.91 Å². The molecule has 9 heteroatoms. The third kappa shape index (κ3) is 5.27. The van der Waals surface area contributed by atoms with Gasteiger partial charge in [-0.3, -0.25) is 14.4 Å². The van der Waals surface area contributed by atoms with E-state index in [0.717, 1.165) is 5.56 Å². The van der Waals surface area contributed by atoms with E-state index in [1.54, 1.807) is 36.4 Å². The van der Waals surface area contributed by atoms with E-state index in [0.29, 0.717) is 36.4 Å². The minimum Gasteiger partial charge on any atom is -0.465 e. The first-order valence-corrected chi connectivity index (χ1v) is 15.6. The zero-order valence-corrected chi connectivity index (χ0v) is 26.1. The van der Waals surface area contributed by atoms with Gasteiger partial charge in [-0.15, -0.1) is 13.2 Å². The molecule has 0 aromatic heterocycles. The molecular weight excluding hydrogens is 580 g/mol. The highest BCUT2D eigenvalue weighted by molar-refractivity contribution is 6.34. The van der Waals surface area contributed by atoms with Gasteiger partial charge in [0.2, 0.25) is 5.91 Å². The van der Waals surface area contributed by atoms with E-state index in [2.05, 4.69) is 13.2 Å². The number of halogens is 1. The van der Waals surface area contributed by atoms with Gasteiger partial charge in [-0.1, -0.05) is 73.1 Å². The lowest BCUT2D eigenvalue weighted by Crippen LogP contribution is -2.59. The van der Waals surface area contributed by atoms with Crippen LogP contribution in [-0.2, 0) is 30.3 Å². The molecule has 7 atom stereocenters. The van der Waals surface area contributed by atoms with Crippen LogP contribution in [0, 0.1) is 17.8 Å². The van der Waals surface area contributed by atoms with Crippen LogP contribution in [-0.4, -0.2) is 70.8 Å². The van der Waals surface area contributed by atoms with E-state index in [1.807, 2.05) is 44.2 Å². The SMILES string of the molecule is C=CCCCOC(=O)[C@@H]1[C@H]2C(=O)N([C@@H](CO)Cc3ccccc3)C(C(=O)N(CC=C)c3ccccc3Cl)C23CC(C)[C@@]1(C)O3. The molecule has 2 aromatic rings. The van der Waals surface area contributed by atoms with Crippen LogP contribution in [0.4, 0.5) is 5.69 Å². The average Bonchev–Trinajstić information content (AvgIpc) is 3.54. The fourth-order valence-electron chi connectivity index (χ4n) is 7.59. The Hall–Kier alpha value is -3.46. The maximum absolute atomic E-state index is 14.9. The number of carbonyl (C=O) groups is 3. The first-order valence-electron chi connectivity index (χ1n) is 15.3. The summed E-state index contributed by atoms with van der Waals surface area (Å²) in [7, 11) is 0. The van der Waals surface area contributed by atoms with Crippen molar-refractivity contribution in [1.29, 1.82) is 0 Å². The van der Waals surface area contributed by atoms with Crippen LogP contribution in [0.1, 0.15) is 38.7 Å². The van der Waals surface area contributed by atoms with Crippen LogP contribution in [0.5, 0.6) is 0 Å². The van der Waals surface area contributed by atoms with Crippen LogP contribution in [0.15, 0.2) is 79.9 Å². The topological polar surface area (TPSA) is 96.4 Å². The molecule has 44 heavy (non-hydrogen) atoms. The molecule has 234 valence electrons. The molecule has 3 aliphatic heterocycles. The van der Waals surface area contributed by atoms with Crippen molar-refractivity contribution in [1.82, 2.24) is 4.90 Å². The molecular formula is C35H41ClN2O6. The normalized spacial score (nSPS) is 29.3. The third-order valence-electron chi connectivity index (χ3n) is 9.68. The number of amides is 2. The van der Waals surface area contributed by atoms with Crippen molar-refractivity contribution in [3.8, 4) is 0 Å². The quantitative estimate of drug-likeness (QED) is 0.193. The van der Waals surface area contributed by atoms with E-state index >= 15 is 0 Å². The molecule has 3 unspecified atom stereocenters. The Bertz CT molecular complexity index is 1420. The molecule has 1 N–H and O–H groups in total. The summed E-state index contributed by atoms with van der Waals surface area (Å²) in [5, 5.41) is 11.1. The summed E-state index contributed by atoms with van der Waals surface area (Å²) in [6.45, 7) is 11.4. The van der Waals surface area contributed by atoms with Crippen molar-refractivity contribution >= 4 is 35.1 Å². The number of carbonyl (C=O) groups excluding carboxylic acids is 3. The second kappa shape index (κ2) is 12.9. The summed E-state index contributed by atoms with van der Waals surface area (Å²) in [5.74, 6) is -3.31. The number of rotatable bonds is 13. The van der Waals surface area contributed by atoms with E-state index in [1.165, 1.54) is 9.80 Å². The number of unbranched alkanes of at least 4 members (excludes halogenated alkanes) is 1. The lowest BCUT2D eigenvalue weighted by Gasteiger charge is -2.39. The highest BCUT2D eigenvalue weighted by Crippen LogP contribution is 2.65. The van der Waals surface area contributed by atoms with Gasteiger partial charge in [0, 0.05) is 6.54 Å². The Labute approximate surface area is 264 Å². The number of aliphatic hydroxyl groups is 1. The van der Waals surface area contributed by atoms with Crippen molar-refractivity contribution in [3.63, 3.8) is 0 Å². The summed E-state index contributed by atoms with van der Waals surface area (Å²) in [6.07, 6.45) is 5.37. The molecule has 3 aliphatic rings. The number of anilines is 1. The lowest BCUT2D eigenvalue weighted by atomic mass is 9.62. The summed E-state index contributed by atoms with van der Waals surface area (Å²) in [5.41, 5.74) is -0.946. The molecule has 0 radical (unpaired) electrons. The zero-order chi connectivity index (χ0) is 31.6. The molecule has 2 amide bonds. The fraction of sp³-hybridized carbons (Fsp3) is 0.457. The van der Waals surface area contributed by atoms with E-state index < -0.39 is 47.0 Å². The average molecular weight is 621 g/mol. The number of ether oxygens (including phenoxy) is 2.